The van der Waals surface area contributed by atoms with Gasteiger partial charge in [-0.1, -0.05) is 32.9 Å². The molecule has 0 aliphatic heterocycles. The van der Waals surface area contributed by atoms with Crippen LogP contribution in [-0.2, 0) is 16.4 Å². The lowest BCUT2D eigenvalue weighted by atomic mass is 10.1. The normalized spacial score (nSPS) is 11.8. The summed E-state index contributed by atoms with van der Waals surface area (Å²) in [5.41, 5.74) is 2.80. The molecular weight excluding hydrogens is 402 g/mol. The molecule has 136 valence electrons. The van der Waals surface area contributed by atoms with Gasteiger partial charge >= 0.3 is 0 Å². The van der Waals surface area contributed by atoms with Gasteiger partial charge in [-0.3, -0.25) is 4.31 Å². The standard InChI is InChI=1S/C19H24BrNO3S/c1-5-15-6-8-18(14(4)10-15)21(12-13(2)3)25(23,24)16-7-9-19(22)17(20)11-16/h6-11,13,22H,5,12H2,1-4H3. The Hall–Kier alpha value is -1.53. The van der Waals surface area contributed by atoms with Crippen molar-refractivity contribution in [3.05, 3.63) is 52.0 Å². The molecule has 0 fully saturated rings. The molecule has 6 heteroatoms. The molecule has 0 aliphatic rings. The van der Waals surface area contributed by atoms with E-state index in [-0.39, 0.29) is 16.6 Å². The molecule has 0 bridgehead atoms. The zero-order chi connectivity index (χ0) is 18.8. The lowest BCUT2D eigenvalue weighted by Gasteiger charge is -2.28. The highest BCUT2D eigenvalue weighted by molar-refractivity contribution is 9.10. The molecular formula is C19H24BrNO3S. The van der Waals surface area contributed by atoms with E-state index in [1.165, 1.54) is 28.1 Å². The molecule has 2 rings (SSSR count). The minimum Gasteiger partial charge on any atom is -0.507 e. The number of benzene rings is 2. The van der Waals surface area contributed by atoms with Gasteiger partial charge in [0.25, 0.3) is 10.0 Å². The van der Waals surface area contributed by atoms with Crippen LogP contribution in [0.1, 0.15) is 31.9 Å². The van der Waals surface area contributed by atoms with Gasteiger partial charge in [0.2, 0.25) is 0 Å². The third-order valence-electron chi connectivity index (χ3n) is 3.98. The Labute approximate surface area is 158 Å². The predicted octanol–water partition coefficient (Wildman–Crippen LogP) is 4.88. The van der Waals surface area contributed by atoms with Crippen molar-refractivity contribution in [1.29, 1.82) is 0 Å². The number of aryl methyl sites for hydroxylation is 2. The summed E-state index contributed by atoms with van der Waals surface area (Å²) in [5.74, 6) is 0.179. The summed E-state index contributed by atoms with van der Waals surface area (Å²) in [6.45, 7) is 8.37. The fraction of sp³-hybridized carbons (Fsp3) is 0.368. The number of phenolic OH excluding ortho intramolecular Hbond substituents is 1. The third kappa shape index (κ3) is 4.36. The van der Waals surface area contributed by atoms with E-state index >= 15 is 0 Å². The lowest BCUT2D eigenvalue weighted by molar-refractivity contribution is 0.471. The predicted molar refractivity (Wildman–Crippen MR) is 106 cm³/mol. The van der Waals surface area contributed by atoms with Gasteiger partial charge in [0.1, 0.15) is 5.75 Å². The molecule has 25 heavy (non-hydrogen) atoms. The second-order valence-corrected chi connectivity index (χ2v) is 9.23. The van der Waals surface area contributed by atoms with Crippen molar-refractivity contribution in [3.8, 4) is 5.75 Å². The number of anilines is 1. The zero-order valence-corrected chi connectivity index (χ0v) is 17.4. The van der Waals surface area contributed by atoms with Crippen LogP contribution in [0.15, 0.2) is 45.8 Å². The maximum absolute atomic E-state index is 13.3. The minimum absolute atomic E-state index is 0.0119. The highest BCUT2D eigenvalue weighted by Gasteiger charge is 2.27. The second-order valence-electron chi connectivity index (χ2n) is 6.52. The Morgan fingerprint density at radius 3 is 2.36 bits per heavy atom. The third-order valence-corrected chi connectivity index (χ3v) is 6.39. The fourth-order valence-corrected chi connectivity index (χ4v) is 4.90. The monoisotopic (exact) mass is 425 g/mol. The molecule has 2 aromatic rings. The molecule has 1 N–H and O–H groups in total. The summed E-state index contributed by atoms with van der Waals surface area (Å²) in [5, 5.41) is 9.66. The first-order valence-electron chi connectivity index (χ1n) is 8.27. The van der Waals surface area contributed by atoms with Gasteiger partial charge in [-0.25, -0.2) is 8.42 Å². The maximum Gasteiger partial charge on any atom is 0.264 e. The smallest absolute Gasteiger partial charge is 0.264 e. The first-order chi connectivity index (χ1) is 11.7. The quantitative estimate of drug-likeness (QED) is 0.717. The molecule has 0 spiro atoms. The number of nitrogens with zero attached hydrogens (tertiary/aromatic N) is 1. The lowest BCUT2D eigenvalue weighted by Crippen LogP contribution is -2.34. The number of hydrogen-bond donors (Lipinski definition) is 1. The summed E-state index contributed by atoms with van der Waals surface area (Å²) in [4.78, 5) is 0.150. The van der Waals surface area contributed by atoms with Gasteiger partial charge in [-0.2, -0.15) is 0 Å². The Morgan fingerprint density at radius 2 is 1.84 bits per heavy atom. The van der Waals surface area contributed by atoms with Gasteiger partial charge in [0, 0.05) is 6.54 Å². The van der Waals surface area contributed by atoms with E-state index in [2.05, 4.69) is 22.9 Å². The van der Waals surface area contributed by atoms with Crippen LogP contribution in [0.5, 0.6) is 5.75 Å². The Kier molecular flexibility index (Phi) is 6.16. The van der Waals surface area contributed by atoms with Crippen molar-refractivity contribution in [2.45, 2.75) is 39.0 Å². The molecule has 0 aromatic heterocycles. The molecule has 0 saturated heterocycles. The van der Waals surface area contributed by atoms with Gasteiger partial charge in [-0.15, -0.1) is 0 Å². The average Bonchev–Trinajstić information content (AvgIpc) is 2.55. The molecule has 4 nitrogen and oxygen atoms in total. The van der Waals surface area contributed by atoms with Gasteiger partial charge in [0.15, 0.2) is 0 Å². The van der Waals surface area contributed by atoms with E-state index in [1.54, 1.807) is 0 Å². The van der Waals surface area contributed by atoms with Gasteiger partial charge < -0.3 is 5.11 Å². The molecule has 0 amide bonds. The molecule has 0 atom stereocenters. The average molecular weight is 426 g/mol. The molecule has 0 aliphatic carbocycles. The Bertz CT molecular complexity index is 863. The molecule has 0 radical (unpaired) electrons. The van der Waals surface area contributed by atoms with E-state index in [4.69, 9.17) is 0 Å². The van der Waals surface area contributed by atoms with E-state index < -0.39 is 10.0 Å². The van der Waals surface area contributed by atoms with Crippen molar-refractivity contribution < 1.29 is 13.5 Å². The molecule has 0 saturated carbocycles. The van der Waals surface area contributed by atoms with E-state index in [1.807, 2.05) is 39.0 Å². The van der Waals surface area contributed by atoms with Crippen LogP contribution in [0.2, 0.25) is 0 Å². The fourth-order valence-electron chi connectivity index (χ4n) is 2.65. The van der Waals surface area contributed by atoms with Crippen LogP contribution in [-0.4, -0.2) is 20.1 Å². The van der Waals surface area contributed by atoms with Crippen molar-refractivity contribution >= 4 is 31.6 Å². The number of sulfonamides is 1. The number of rotatable bonds is 6. The first kappa shape index (κ1) is 19.8. The Morgan fingerprint density at radius 1 is 1.16 bits per heavy atom. The topological polar surface area (TPSA) is 57.6 Å². The summed E-state index contributed by atoms with van der Waals surface area (Å²) in [6, 6.07) is 10.1. The van der Waals surface area contributed by atoms with Crippen LogP contribution in [0, 0.1) is 12.8 Å². The first-order valence-corrected chi connectivity index (χ1v) is 10.5. The number of phenols is 1. The van der Waals surface area contributed by atoms with Crippen LogP contribution >= 0.6 is 15.9 Å². The van der Waals surface area contributed by atoms with E-state index in [0.29, 0.717) is 16.7 Å². The number of halogens is 1. The van der Waals surface area contributed by atoms with Gasteiger partial charge in [0.05, 0.1) is 15.1 Å². The molecule has 0 heterocycles. The van der Waals surface area contributed by atoms with Crippen LogP contribution < -0.4 is 4.31 Å². The van der Waals surface area contributed by atoms with Crippen molar-refractivity contribution in [2.75, 3.05) is 10.8 Å². The zero-order valence-electron chi connectivity index (χ0n) is 15.0. The Balaban J connectivity index is 2.58. The van der Waals surface area contributed by atoms with Crippen molar-refractivity contribution in [2.24, 2.45) is 5.92 Å². The largest absolute Gasteiger partial charge is 0.507 e. The molecule has 0 unspecified atom stereocenters. The van der Waals surface area contributed by atoms with Crippen LogP contribution in [0.25, 0.3) is 0 Å². The summed E-state index contributed by atoms with van der Waals surface area (Å²) >= 11 is 3.20. The SMILES string of the molecule is CCc1ccc(N(CC(C)C)S(=O)(=O)c2ccc(O)c(Br)c2)c(C)c1. The summed E-state index contributed by atoms with van der Waals surface area (Å²) in [7, 11) is -3.74. The summed E-state index contributed by atoms with van der Waals surface area (Å²) in [6.07, 6.45) is 0.906. The second kappa shape index (κ2) is 7.79. The van der Waals surface area contributed by atoms with Crippen LogP contribution in [0.4, 0.5) is 5.69 Å². The summed E-state index contributed by atoms with van der Waals surface area (Å²) < 4.78 is 28.3. The van der Waals surface area contributed by atoms with E-state index in [9.17, 15) is 13.5 Å². The van der Waals surface area contributed by atoms with E-state index in [0.717, 1.165) is 12.0 Å². The minimum atomic E-state index is -3.74. The van der Waals surface area contributed by atoms with Crippen molar-refractivity contribution in [1.82, 2.24) is 0 Å². The molecule has 2 aromatic carbocycles. The maximum atomic E-state index is 13.3. The van der Waals surface area contributed by atoms with Gasteiger partial charge in [-0.05, 0) is 70.6 Å². The number of hydrogen-bond acceptors (Lipinski definition) is 3. The number of aromatic hydroxyl groups is 1. The highest BCUT2D eigenvalue weighted by Crippen LogP contribution is 2.32. The highest BCUT2D eigenvalue weighted by atomic mass is 79.9. The van der Waals surface area contributed by atoms with Crippen molar-refractivity contribution in [3.63, 3.8) is 0 Å². The van der Waals surface area contributed by atoms with Crippen LogP contribution in [0.3, 0.4) is 0 Å².